The van der Waals surface area contributed by atoms with E-state index in [-0.39, 0.29) is 11.7 Å². The van der Waals surface area contributed by atoms with Crippen LogP contribution in [0.2, 0.25) is 0 Å². The van der Waals surface area contributed by atoms with Crippen molar-refractivity contribution in [1.29, 1.82) is 0 Å². The first-order chi connectivity index (χ1) is 6.93. The molecule has 0 amide bonds. The van der Waals surface area contributed by atoms with E-state index in [1.807, 2.05) is 0 Å². The van der Waals surface area contributed by atoms with Crippen molar-refractivity contribution in [1.82, 2.24) is 5.32 Å². The van der Waals surface area contributed by atoms with E-state index in [1.165, 1.54) is 6.92 Å². The second kappa shape index (κ2) is 4.94. The zero-order valence-electron chi connectivity index (χ0n) is 8.77. The van der Waals surface area contributed by atoms with Crippen molar-refractivity contribution < 1.29 is 18.3 Å². The van der Waals surface area contributed by atoms with Crippen LogP contribution in [0.25, 0.3) is 0 Å². The van der Waals surface area contributed by atoms with E-state index in [4.69, 9.17) is 5.11 Å². The number of carboxylic acids is 1. The van der Waals surface area contributed by atoms with E-state index in [0.29, 0.717) is 0 Å². The lowest BCUT2D eigenvalue weighted by atomic mass is 10.0. The molecule has 0 spiro atoms. The van der Waals surface area contributed by atoms with Gasteiger partial charge in [0, 0.05) is 0 Å². The molecule has 5 nitrogen and oxygen atoms in total. The molecule has 1 unspecified atom stereocenters. The molecule has 0 aliphatic carbocycles. The Labute approximate surface area is 89.8 Å². The largest absolute Gasteiger partial charge is 0.480 e. The first kappa shape index (κ1) is 12.4. The first-order valence-corrected chi connectivity index (χ1v) is 6.80. The SMILES string of the molecule is CC(C(=O)O)S(=O)(=O)CC1CCNCC1. The fourth-order valence-electron chi connectivity index (χ4n) is 1.67. The van der Waals surface area contributed by atoms with Gasteiger partial charge in [-0.25, -0.2) is 8.42 Å². The molecule has 1 rings (SSSR count). The van der Waals surface area contributed by atoms with Crippen molar-refractivity contribution in [2.75, 3.05) is 18.8 Å². The standard InChI is InChI=1S/C9H17NO4S/c1-7(9(11)12)15(13,14)6-8-2-4-10-5-3-8/h7-8,10H,2-6H2,1H3,(H,11,12). The van der Waals surface area contributed by atoms with Crippen LogP contribution in [0.3, 0.4) is 0 Å². The Morgan fingerprint density at radius 1 is 1.47 bits per heavy atom. The molecule has 1 saturated heterocycles. The molecule has 2 N–H and O–H groups in total. The van der Waals surface area contributed by atoms with E-state index in [1.54, 1.807) is 0 Å². The van der Waals surface area contributed by atoms with Crippen molar-refractivity contribution in [2.24, 2.45) is 5.92 Å². The van der Waals surface area contributed by atoms with Crippen LogP contribution < -0.4 is 5.32 Å². The van der Waals surface area contributed by atoms with Gasteiger partial charge < -0.3 is 10.4 Å². The maximum absolute atomic E-state index is 11.6. The third-order valence-corrected chi connectivity index (χ3v) is 5.03. The summed E-state index contributed by atoms with van der Waals surface area (Å²) >= 11 is 0. The van der Waals surface area contributed by atoms with Gasteiger partial charge in [0.2, 0.25) is 0 Å². The molecular formula is C9H17NO4S. The maximum Gasteiger partial charge on any atom is 0.321 e. The minimum Gasteiger partial charge on any atom is -0.480 e. The molecule has 88 valence electrons. The average molecular weight is 235 g/mol. The summed E-state index contributed by atoms with van der Waals surface area (Å²) in [5.41, 5.74) is 0. The lowest BCUT2D eigenvalue weighted by Crippen LogP contribution is -2.36. The number of piperidine rings is 1. The predicted molar refractivity (Wildman–Crippen MR) is 56.5 cm³/mol. The minimum absolute atomic E-state index is 0.00213. The summed E-state index contributed by atoms with van der Waals surface area (Å²) in [5.74, 6) is -1.15. The molecule has 6 heteroatoms. The Balaban J connectivity index is 2.58. The number of carboxylic acid groups (broad SMARTS) is 1. The van der Waals surface area contributed by atoms with Crippen LogP contribution in [0.15, 0.2) is 0 Å². The van der Waals surface area contributed by atoms with Gasteiger partial charge in [-0.2, -0.15) is 0 Å². The van der Waals surface area contributed by atoms with Crippen molar-refractivity contribution in [3.05, 3.63) is 0 Å². The van der Waals surface area contributed by atoms with E-state index in [9.17, 15) is 13.2 Å². The Hall–Kier alpha value is -0.620. The predicted octanol–water partition coefficient (Wildman–Crippen LogP) is -0.126. The normalized spacial score (nSPS) is 21.1. The summed E-state index contributed by atoms with van der Waals surface area (Å²) < 4.78 is 23.3. The molecule has 0 radical (unpaired) electrons. The number of carbonyl (C=O) groups is 1. The zero-order chi connectivity index (χ0) is 11.5. The summed E-state index contributed by atoms with van der Waals surface area (Å²) in [6, 6.07) is 0. The van der Waals surface area contributed by atoms with Crippen LogP contribution >= 0.6 is 0 Å². The molecule has 1 atom stereocenters. The number of nitrogens with one attached hydrogen (secondary N) is 1. The summed E-state index contributed by atoms with van der Waals surface area (Å²) in [5, 5.41) is 10.5. The topological polar surface area (TPSA) is 83.5 Å². The quantitative estimate of drug-likeness (QED) is 0.709. The van der Waals surface area contributed by atoms with Gasteiger partial charge in [0.15, 0.2) is 15.1 Å². The van der Waals surface area contributed by atoms with E-state index < -0.39 is 21.1 Å². The summed E-state index contributed by atoms with van der Waals surface area (Å²) in [7, 11) is -3.49. The highest BCUT2D eigenvalue weighted by molar-refractivity contribution is 7.92. The highest BCUT2D eigenvalue weighted by atomic mass is 32.2. The summed E-state index contributed by atoms with van der Waals surface area (Å²) in [4.78, 5) is 10.6. The molecule has 0 aromatic carbocycles. The maximum atomic E-state index is 11.6. The average Bonchev–Trinajstić information content (AvgIpc) is 2.17. The molecule has 0 aromatic rings. The number of rotatable bonds is 4. The molecule has 0 aromatic heterocycles. The van der Waals surface area contributed by atoms with Crippen molar-refractivity contribution in [3.63, 3.8) is 0 Å². The second-order valence-electron chi connectivity index (χ2n) is 4.00. The third kappa shape index (κ3) is 3.46. The molecule has 0 saturated carbocycles. The zero-order valence-corrected chi connectivity index (χ0v) is 9.59. The molecular weight excluding hydrogens is 218 g/mol. The van der Waals surface area contributed by atoms with Gasteiger partial charge in [-0.3, -0.25) is 4.79 Å². The molecule has 1 fully saturated rings. The summed E-state index contributed by atoms with van der Waals surface area (Å²) in [6.45, 7) is 2.88. The van der Waals surface area contributed by atoms with Crippen LogP contribution in [0.5, 0.6) is 0 Å². The Bertz CT molecular complexity index is 319. The molecule has 1 aliphatic rings. The monoisotopic (exact) mass is 235 g/mol. The van der Waals surface area contributed by atoms with Crippen molar-refractivity contribution in [2.45, 2.75) is 25.0 Å². The van der Waals surface area contributed by atoms with Gasteiger partial charge in [0.25, 0.3) is 0 Å². The molecule has 15 heavy (non-hydrogen) atoms. The molecule has 1 aliphatic heterocycles. The Morgan fingerprint density at radius 3 is 2.47 bits per heavy atom. The Kier molecular flexibility index (Phi) is 4.10. The first-order valence-electron chi connectivity index (χ1n) is 5.08. The van der Waals surface area contributed by atoms with Gasteiger partial charge in [-0.1, -0.05) is 0 Å². The van der Waals surface area contributed by atoms with E-state index in [0.717, 1.165) is 25.9 Å². The van der Waals surface area contributed by atoms with Crippen LogP contribution in [0, 0.1) is 5.92 Å². The van der Waals surface area contributed by atoms with E-state index in [2.05, 4.69) is 5.32 Å². The van der Waals surface area contributed by atoms with Crippen LogP contribution in [-0.4, -0.2) is 43.6 Å². The van der Waals surface area contributed by atoms with Gasteiger partial charge in [-0.05, 0) is 38.8 Å². The fraction of sp³-hybridized carbons (Fsp3) is 0.889. The minimum atomic E-state index is -3.49. The van der Waals surface area contributed by atoms with Gasteiger partial charge in [0.05, 0.1) is 5.75 Å². The second-order valence-corrected chi connectivity index (χ2v) is 6.37. The van der Waals surface area contributed by atoms with Crippen LogP contribution in [0.1, 0.15) is 19.8 Å². The number of sulfone groups is 1. The lowest BCUT2D eigenvalue weighted by Gasteiger charge is -2.23. The Morgan fingerprint density at radius 2 is 2.00 bits per heavy atom. The van der Waals surface area contributed by atoms with Gasteiger partial charge in [0.1, 0.15) is 0 Å². The smallest absolute Gasteiger partial charge is 0.321 e. The van der Waals surface area contributed by atoms with Gasteiger partial charge in [-0.15, -0.1) is 0 Å². The van der Waals surface area contributed by atoms with Crippen LogP contribution in [-0.2, 0) is 14.6 Å². The highest BCUT2D eigenvalue weighted by Crippen LogP contribution is 2.16. The lowest BCUT2D eigenvalue weighted by molar-refractivity contribution is -0.136. The number of hydrogen-bond acceptors (Lipinski definition) is 4. The van der Waals surface area contributed by atoms with Crippen LogP contribution in [0.4, 0.5) is 0 Å². The van der Waals surface area contributed by atoms with Crippen molar-refractivity contribution in [3.8, 4) is 0 Å². The third-order valence-electron chi connectivity index (χ3n) is 2.81. The van der Waals surface area contributed by atoms with Gasteiger partial charge >= 0.3 is 5.97 Å². The number of aliphatic carboxylic acids is 1. The highest BCUT2D eigenvalue weighted by Gasteiger charge is 2.30. The summed E-state index contributed by atoms with van der Waals surface area (Å²) in [6.07, 6.45) is 1.62. The fourth-order valence-corrected chi connectivity index (χ4v) is 3.26. The van der Waals surface area contributed by atoms with Crippen molar-refractivity contribution >= 4 is 15.8 Å². The molecule has 1 heterocycles. The van der Waals surface area contributed by atoms with E-state index >= 15 is 0 Å². The number of hydrogen-bond donors (Lipinski definition) is 2. The molecule has 0 bridgehead atoms.